The highest BCUT2D eigenvalue weighted by Crippen LogP contribution is 2.26. The first-order valence-electron chi connectivity index (χ1n) is 8.52. The molecule has 0 aliphatic carbocycles. The second-order valence-corrected chi connectivity index (χ2v) is 8.83. The normalized spacial score (nSPS) is 28.8. The number of hydrogen-bond donors (Lipinski definition) is 3. The van der Waals surface area contributed by atoms with E-state index in [1.165, 1.54) is 24.7 Å². The molecule has 6 heteroatoms. The van der Waals surface area contributed by atoms with Gasteiger partial charge >= 0.3 is 0 Å². The molecule has 3 atom stereocenters. The number of piperidine rings is 1. The second-order valence-electron chi connectivity index (χ2n) is 6.81. The van der Waals surface area contributed by atoms with Crippen LogP contribution in [0.5, 0.6) is 0 Å². The molecule has 128 valence electrons. The summed E-state index contributed by atoms with van der Waals surface area (Å²) < 4.78 is 23.1. The number of benzene rings is 1. The molecule has 0 bridgehead atoms. The van der Waals surface area contributed by atoms with Crippen molar-refractivity contribution in [2.75, 3.05) is 25.9 Å². The van der Waals surface area contributed by atoms with Crippen molar-refractivity contribution in [3.05, 3.63) is 29.8 Å². The van der Waals surface area contributed by atoms with Crippen LogP contribution >= 0.6 is 0 Å². The molecule has 3 rings (SSSR count). The average molecular weight is 337 g/mol. The van der Waals surface area contributed by atoms with E-state index < -0.39 is 9.84 Å². The molecule has 0 aromatic heterocycles. The van der Waals surface area contributed by atoms with Crippen LogP contribution < -0.4 is 16.0 Å². The van der Waals surface area contributed by atoms with E-state index in [-0.39, 0.29) is 0 Å². The Bertz CT molecular complexity index is 609. The van der Waals surface area contributed by atoms with E-state index in [4.69, 9.17) is 0 Å². The third-order valence-electron chi connectivity index (χ3n) is 4.91. The zero-order valence-electron chi connectivity index (χ0n) is 13.7. The molecular formula is C17H27N3O2S. The van der Waals surface area contributed by atoms with Crippen molar-refractivity contribution >= 4 is 9.84 Å². The van der Waals surface area contributed by atoms with Gasteiger partial charge in [-0.2, -0.15) is 0 Å². The molecule has 23 heavy (non-hydrogen) atoms. The zero-order valence-corrected chi connectivity index (χ0v) is 14.5. The Balaban J connectivity index is 1.57. The van der Waals surface area contributed by atoms with Crippen molar-refractivity contribution in [2.45, 2.75) is 42.8 Å². The van der Waals surface area contributed by atoms with Gasteiger partial charge in [-0.15, -0.1) is 0 Å². The predicted octanol–water partition coefficient (Wildman–Crippen LogP) is 1.43. The van der Waals surface area contributed by atoms with Crippen LogP contribution in [0, 0.1) is 5.92 Å². The van der Waals surface area contributed by atoms with Crippen LogP contribution in [-0.4, -0.2) is 40.5 Å². The number of hydrogen-bond acceptors (Lipinski definition) is 5. The molecule has 2 saturated heterocycles. The minimum absolute atomic E-state index is 0.302. The lowest BCUT2D eigenvalue weighted by molar-refractivity contribution is 0.274. The van der Waals surface area contributed by atoms with Crippen LogP contribution in [0.2, 0.25) is 0 Å². The molecule has 0 amide bonds. The Kier molecular flexibility index (Phi) is 5.36. The van der Waals surface area contributed by atoms with Gasteiger partial charge in [0.25, 0.3) is 0 Å². The van der Waals surface area contributed by atoms with Crippen molar-refractivity contribution in [3.63, 3.8) is 0 Å². The molecule has 0 radical (unpaired) electrons. The lowest BCUT2D eigenvalue weighted by atomic mass is 9.96. The van der Waals surface area contributed by atoms with Gasteiger partial charge in [-0.05, 0) is 62.4 Å². The Morgan fingerprint density at radius 2 is 1.96 bits per heavy atom. The van der Waals surface area contributed by atoms with Crippen molar-refractivity contribution in [2.24, 2.45) is 5.92 Å². The SMILES string of the molecule is CS(=O)(=O)c1ccc(C2CCCC(NCC3CCNC3)N2)cc1. The van der Waals surface area contributed by atoms with E-state index in [9.17, 15) is 8.42 Å². The first kappa shape index (κ1) is 16.9. The summed E-state index contributed by atoms with van der Waals surface area (Å²) >= 11 is 0. The van der Waals surface area contributed by atoms with Gasteiger partial charge in [0.1, 0.15) is 0 Å². The van der Waals surface area contributed by atoms with Gasteiger partial charge in [0.15, 0.2) is 9.84 Å². The third kappa shape index (κ3) is 4.53. The van der Waals surface area contributed by atoms with Crippen LogP contribution in [0.1, 0.15) is 37.3 Å². The van der Waals surface area contributed by atoms with Crippen LogP contribution in [-0.2, 0) is 9.84 Å². The minimum Gasteiger partial charge on any atom is -0.316 e. The van der Waals surface area contributed by atoms with Crippen molar-refractivity contribution < 1.29 is 8.42 Å². The Labute approximate surface area is 139 Å². The summed E-state index contributed by atoms with van der Waals surface area (Å²) in [4.78, 5) is 0.389. The quantitative estimate of drug-likeness (QED) is 0.758. The smallest absolute Gasteiger partial charge is 0.175 e. The van der Waals surface area contributed by atoms with Crippen molar-refractivity contribution in [1.82, 2.24) is 16.0 Å². The van der Waals surface area contributed by atoms with Crippen LogP contribution in [0.15, 0.2) is 29.2 Å². The number of nitrogens with one attached hydrogen (secondary N) is 3. The van der Waals surface area contributed by atoms with Gasteiger partial charge < -0.3 is 10.6 Å². The van der Waals surface area contributed by atoms with Gasteiger partial charge in [0.05, 0.1) is 11.1 Å². The number of sulfone groups is 1. The fourth-order valence-corrected chi connectivity index (χ4v) is 4.13. The van der Waals surface area contributed by atoms with E-state index in [0.29, 0.717) is 17.1 Å². The molecule has 2 aliphatic heterocycles. The molecule has 3 unspecified atom stereocenters. The first-order chi connectivity index (χ1) is 11.0. The number of rotatable bonds is 5. The molecule has 2 heterocycles. The molecule has 0 spiro atoms. The molecule has 2 aliphatic rings. The maximum absolute atomic E-state index is 11.6. The molecule has 5 nitrogen and oxygen atoms in total. The van der Waals surface area contributed by atoms with Crippen LogP contribution in [0.4, 0.5) is 0 Å². The molecule has 1 aromatic rings. The minimum atomic E-state index is -3.12. The fourth-order valence-electron chi connectivity index (χ4n) is 3.50. The van der Waals surface area contributed by atoms with Gasteiger partial charge in [-0.3, -0.25) is 5.32 Å². The van der Waals surface area contributed by atoms with Gasteiger partial charge in [-0.25, -0.2) is 8.42 Å². The monoisotopic (exact) mass is 337 g/mol. The Hall–Kier alpha value is -0.950. The highest BCUT2D eigenvalue weighted by molar-refractivity contribution is 7.90. The molecule has 0 saturated carbocycles. The molecule has 1 aromatic carbocycles. The lowest BCUT2D eigenvalue weighted by Gasteiger charge is -2.32. The van der Waals surface area contributed by atoms with Crippen LogP contribution in [0.25, 0.3) is 0 Å². The van der Waals surface area contributed by atoms with E-state index in [0.717, 1.165) is 38.4 Å². The summed E-state index contributed by atoms with van der Waals surface area (Å²) in [7, 11) is -3.12. The molecular weight excluding hydrogens is 310 g/mol. The van der Waals surface area contributed by atoms with E-state index in [1.54, 1.807) is 12.1 Å². The maximum atomic E-state index is 11.6. The molecule has 2 fully saturated rings. The topological polar surface area (TPSA) is 70.2 Å². The standard InChI is InChI=1S/C17H27N3O2S/c1-23(21,22)15-7-5-14(6-8-15)16-3-2-4-17(20-16)19-12-13-9-10-18-11-13/h5-8,13,16-20H,2-4,9-12H2,1H3. The first-order valence-corrected chi connectivity index (χ1v) is 10.4. The summed E-state index contributed by atoms with van der Waals surface area (Å²) in [5.74, 6) is 0.742. The van der Waals surface area contributed by atoms with E-state index in [2.05, 4.69) is 16.0 Å². The molecule has 3 N–H and O–H groups in total. The largest absolute Gasteiger partial charge is 0.316 e. The summed E-state index contributed by atoms with van der Waals surface area (Å²) in [5.41, 5.74) is 1.17. The van der Waals surface area contributed by atoms with Crippen molar-refractivity contribution in [1.29, 1.82) is 0 Å². The van der Waals surface area contributed by atoms with E-state index in [1.807, 2.05) is 12.1 Å². The zero-order chi connectivity index (χ0) is 16.3. The van der Waals surface area contributed by atoms with Gasteiger partial charge in [-0.1, -0.05) is 12.1 Å². The second kappa shape index (κ2) is 7.30. The van der Waals surface area contributed by atoms with Crippen molar-refractivity contribution in [3.8, 4) is 0 Å². The maximum Gasteiger partial charge on any atom is 0.175 e. The predicted molar refractivity (Wildman–Crippen MR) is 92.0 cm³/mol. The van der Waals surface area contributed by atoms with Crippen LogP contribution in [0.3, 0.4) is 0 Å². The Morgan fingerprint density at radius 1 is 1.17 bits per heavy atom. The average Bonchev–Trinajstić information content (AvgIpc) is 3.06. The Morgan fingerprint density at radius 3 is 2.61 bits per heavy atom. The summed E-state index contributed by atoms with van der Waals surface area (Å²) in [6, 6.07) is 7.62. The fraction of sp³-hybridized carbons (Fsp3) is 0.647. The summed E-state index contributed by atoms with van der Waals surface area (Å²) in [6.45, 7) is 3.32. The van der Waals surface area contributed by atoms with Gasteiger partial charge in [0.2, 0.25) is 0 Å². The summed E-state index contributed by atoms with van der Waals surface area (Å²) in [6.07, 6.45) is 6.30. The van der Waals surface area contributed by atoms with E-state index >= 15 is 0 Å². The third-order valence-corrected chi connectivity index (χ3v) is 6.04. The highest BCUT2D eigenvalue weighted by Gasteiger charge is 2.23. The summed E-state index contributed by atoms with van der Waals surface area (Å²) in [5, 5.41) is 10.7. The lowest BCUT2D eigenvalue weighted by Crippen LogP contribution is -2.48. The van der Waals surface area contributed by atoms with Gasteiger partial charge in [0, 0.05) is 18.8 Å². The highest BCUT2D eigenvalue weighted by atomic mass is 32.2.